The van der Waals surface area contributed by atoms with Gasteiger partial charge in [0.2, 0.25) is 10.0 Å². The molecule has 0 aromatic heterocycles. The number of carbonyl (C=O) groups excluding carboxylic acids is 1. The monoisotopic (exact) mass is 522 g/mol. The molecule has 0 spiro atoms. The Morgan fingerprint density at radius 1 is 0.946 bits per heavy atom. The second-order valence-electron chi connectivity index (χ2n) is 8.87. The van der Waals surface area contributed by atoms with E-state index in [0.29, 0.717) is 5.56 Å². The van der Waals surface area contributed by atoms with E-state index < -0.39 is 27.0 Å². The molecule has 3 aromatic carbocycles. The lowest BCUT2D eigenvalue weighted by molar-refractivity contribution is -0.384. The molecule has 3 aromatic rings. The van der Waals surface area contributed by atoms with E-state index in [2.05, 4.69) is 18.7 Å². The number of carbonyl (C=O) groups is 1. The summed E-state index contributed by atoms with van der Waals surface area (Å²) in [4.78, 5) is 27.9. The number of hydrogen-bond acceptors (Lipinski definition) is 6. The van der Waals surface area contributed by atoms with Crippen molar-refractivity contribution in [1.82, 2.24) is 9.21 Å². The molecule has 1 aliphatic heterocycles. The fourth-order valence-electron chi connectivity index (χ4n) is 4.60. The molecule has 0 aliphatic carbocycles. The standard InChI is InChI=1S/C27H30N4O5S/c1-4-28(5-2)23-12-8-21(9-13-23)26-29(27(32)22-10-14-24(15-11-22)31(33)34)18-19-30(26)37(35,36)25-16-6-20(3)7-17-25/h6-17,26H,4-5,18-19H2,1-3H3/t26-/m1/s1. The molecule has 0 bridgehead atoms. The Balaban J connectivity index is 1.75. The van der Waals surface area contributed by atoms with E-state index in [9.17, 15) is 23.3 Å². The number of non-ortho nitro benzene ring substituents is 1. The smallest absolute Gasteiger partial charge is 0.269 e. The zero-order valence-corrected chi connectivity index (χ0v) is 21.9. The molecule has 0 N–H and O–H groups in total. The SMILES string of the molecule is CCN(CC)c1ccc([C@@H]2N(C(=O)c3ccc([N+](=O)[O-])cc3)CCN2S(=O)(=O)c2ccc(C)cc2)cc1. The Bertz CT molecular complexity index is 1370. The largest absolute Gasteiger partial charge is 0.372 e. The Morgan fingerprint density at radius 2 is 1.54 bits per heavy atom. The summed E-state index contributed by atoms with van der Waals surface area (Å²) < 4.78 is 28.8. The van der Waals surface area contributed by atoms with Crippen LogP contribution in [-0.4, -0.2) is 54.6 Å². The number of amides is 1. The molecule has 37 heavy (non-hydrogen) atoms. The molecule has 0 unspecified atom stereocenters. The van der Waals surface area contributed by atoms with E-state index in [1.807, 2.05) is 31.2 Å². The number of nitrogens with zero attached hydrogens (tertiary/aromatic N) is 4. The van der Waals surface area contributed by atoms with Crippen molar-refractivity contribution < 1.29 is 18.1 Å². The number of rotatable bonds is 8. The van der Waals surface area contributed by atoms with Gasteiger partial charge in [-0.15, -0.1) is 0 Å². The summed E-state index contributed by atoms with van der Waals surface area (Å²) in [5, 5.41) is 11.0. The summed E-state index contributed by atoms with van der Waals surface area (Å²) in [6, 6.07) is 19.6. The Morgan fingerprint density at radius 3 is 2.08 bits per heavy atom. The van der Waals surface area contributed by atoms with Crippen molar-refractivity contribution >= 4 is 27.3 Å². The van der Waals surface area contributed by atoms with Gasteiger partial charge in [-0.3, -0.25) is 14.9 Å². The fourth-order valence-corrected chi connectivity index (χ4v) is 6.17. The average molecular weight is 523 g/mol. The van der Waals surface area contributed by atoms with Crippen molar-refractivity contribution in [3.8, 4) is 0 Å². The van der Waals surface area contributed by atoms with E-state index >= 15 is 0 Å². The molecular formula is C27H30N4O5S. The highest BCUT2D eigenvalue weighted by Gasteiger charge is 2.43. The third-order valence-corrected chi connectivity index (χ3v) is 8.53. The van der Waals surface area contributed by atoms with Crippen molar-refractivity contribution in [1.29, 1.82) is 0 Å². The van der Waals surface area contributed by atoms with Crippen molar-refractivity contribution in [3.63, 3.8) is 0 Å². The zero-order chi connectivity index (χ0) is 26.7. The highest BCUT2D eigenvalue weighted by molar-refractivity contribution is 7.89. The van der Waals surface area contributed by atoms with Crippen molar-refractivity contribution in [2.24, 2.45) is 0 Å². The first-order chi connectivity index (χ1) is 17.7. The minimum Gasteiger partial charge on any atom is -0.372 e. The fraction of sp³-hybridized carbons (Fsp3) is 0.296. The van der Waals surface area contributed by atoms with Crippen molar-refractivity contribution in [2.75, 3.05) is 31.1 Å². The van der Waals surface area contributed by atoms with Gasteiger partial charge in [0.1, 0.15) is 6.17 Å². The third kappa shape index (κ3) is 5.21. The van der Waals surface area contributed by atoms with Crippen LogP contribution in [0.1, 0.15) is 41.5 Å². The lowest BCUT2D eigenvalue weighted by atomic mass is 10.1. The predicted octanol–water partition coefficient (Wildman–Crippen LogP) is 4.59. The first kappa shape index (κ1) is 26.3. The first-order valence-corrected chi connectivity index (χ1v) is 13.6. The van der Waals surface area contributed by atoms with E-state index in [1.54, 1.807) is 24.3 Å². The Hall–Kier alpha value is -3.76. The van der Waals surface area contributed by atoms with Crippen LogP contribution >= 0.6 is 0 Å². The molecule has 0 radical (unpaired) electrons. The second-order valence-corrected chi connectivity index (χ2v) is 10.8. The zero-order valence-electron chi connectivity index (χ0n) is 21.1. The van der Waals surface area contributed by atoms with Gasteiger partial charge in [-0.25, -0.2) is 8.42 Å². The van der Waals surface area contributed by atoms with E-state index in [4.69, 9.17) is 0 Å². The third-order valence-electron chi connectivity index (χ3n) is 6.66. The van der Waals surface area contributed by atoms with Crippen molar-refractivity contribution in [3.05, 3.63) is 99.6 Å². The Kier molecular flexibility index (Phi) is 7.60. The maximum Gasteiger partial charge on any atom is 0.269 e. The van der Waals surface area contributed by atoms with E-state index in [-0.39, 0.29) is 29.2 Å². The molecule has 1 heterocycles. The molecular weight excluding hydrogens is 492 g/mol. The van der Waals surface area contributed by atoms with Crippen LogP contribution in [0, 0.1) is 17.0 Å². The quantitative estimate of drug-likeness (QED) is 0.316. The van der Waals surface area contributed by atoms with Crippen LogP contribution < -0.4 is 4.90 Å². The number of nitro groups is 1. The van der Waals surface area contributed by atoms with Crippen molar-refractivity contribution in [2.45, 2.75) is 31.8 Å². The van der Waals surface area contributed by atoms with Crippen LogP contribution in [0.15, 0.2) is 77.7 Å². The van der Waals surface area contributed by atoms with E-state index in [1.165, 1.54) is 33.5 Å². The number of benzene rings is 3. The first-order valence-electron chi connectivity index (χ1n) is 12.2. The average Bonchev–Trinajstić information content (AvgIpc) is 3.36. The number of sulfonamides is 1. The number of anilines is 1. The Labute approximate surface area is 217 Å². The number of aryl methyl sites for hydroxylation is 1. The molecule has 4 rings (SSSR count). The molecule has 1 amide bonds. The molecule has 1 aliphatic rings. The maximum absolute atomic E-state index is 13.7. The minimum atomic E-state index is -3.92. The molecule has 0 saturated carbocycles. The highest BCUT2D eigenvalue weighted by atomic mass is 32.2. The van der Waals surface area contributed by atoms with Gasteiger partial charge in [0, 0.05) is 49.6 Å². The summed E-state index contributed by atoms with van der Waals surface area (Å²) >= 11 is 0. The minimum absolute atomic E-state index is 0.120. The topological polar surface area (TPSA) is 104 Å². The molecule has 1 atom stereocenters. The molecule has 1 saturated heterocycles. The molecule has 9 nitrogen and oxygen atoms in total. The normalized spacial score (nSPS) is 16.1. The van der Waals surface area contributed by atoms with Crippen LogP contribution in [0.2, 0.25) is 0 Å². The van der Waals surface area contributed by atoms with Crippen LogP contribution in [0.5, 0.6) is 0 Å². The predicted molar refractivity (Wildman–Crippen MR) is 142 cm³/mol. The summed E-state index contributed by atoms with van der Waals surface area (Å²) in [5.74, 6) is -0.394. The molecule has 1 fully saturated rings. The summed E-state index contributed by atoms with van der Waals surface area (Å²) in [5.41, 5.74) is 2.75. The second kappa shape index (κ2) is 10.7. The summed E-state index contributed by atoms with van der Waals surface area (Å²) in [6.45, 7) is 7.98. The molecule has 194 valence electrons. The van der Waals surface area contributed by atoms with Gasteiger partial charge in [0.25, 0.3) is 11.6 Å². The highest BCUT2D eigenvalue weighted by Crippen LogP contribution is 2.37. The van der Waals surface area contributed by atoms with Crippen LogP contribution in [-0.2, 0) is 10.0 Å². The van der Waals surface area contributed by atoms with Crippen LogP contribution in [0.25, 0.3) is 0 Å². The van der Waals surface area contributed by atoms with Gasteiger partial charge in [-0.2, -0.15) is 4.31 Å². The van der Waals surface area contributed by atoms with Gasteiger partial charge >= 0.3 is 0 Å². The lowest BCUT2D eigenvalue weighted by Crippen LogP contribution is -2.38. The lowest BCUT2D eigenvalue weighted by Gasteiger charge is -2.31. The van der Waals surface area contributed by atoms with Gasteiger partial charge in [0.05, 0.1) is 9.82 Å². The summed E-state index contributed by atoms with van der Waals surface area (Å²) in [6.07, 6.45) is -0.861. The molecule has 10 heteroatoms. The number of nitro benzene ring substituents is 1. The number of hydrogen-bond donors (Lipinski definition) is 0. The van der Waals surface area contributed by atoms with Gasteiger partial charge in [-0.05, 0) is 62.7 Å². The summed E-state index contributed by atoms with van der Waals surface area (Å²) in [7, 11) is -3.92. The maximum atomic E-state index is 13.7. The van der Waals surface area contributed by atoms with Gasteiger partial charge in [0.15, 0.2) is 0 Å². The van der Waals surface area contributed by atoms with Crippen LogP contribution in [0.4, 0.5) is 11.4 Å². The van der Waals surface area contributed by atoms with Crippen LogP contribution in [0.3, 0.4) is 0 Å². The van der Waals surface area contributed by atoms with Gasteiger partial charge in [-0.1, -0.05) is 29.8 Å². The van der Waals surface area contributed by atoms with Gasteiger partial charge < -0.3 is 9.80 Å². The van der Waals surface area contributed by atoms with E-state index in [0.717, 1.165) is 24.3 Å².